The molecule has 6 nitrogen and oxygen atoms in total. The number of unbranched alkanes of at least 4 members (excludes halogenated alkanes) is 1. The Morgan fingerprint density at radius 3 is 2.77 bits per heavy atom. The first-order valence-corrected chi connectivity index (χ1v) is 11.5. The maximum Gasteiger partial charge on any atom is 0.230 e. The number of amides is 1. The lowest BCUT2D eigenvalue weighted by Crippen LogP contribution is -2.24. The first-order valence-electron chi connectivity index (χ1n) is 10.3. The number of hydrogen-bond acceptors (Lipinski definition) is 6. The Hall–Kier alpha value is -2.93. The molecule has 164 valence electrons. The lowest BCUT2D eigenvalue weighted by molar-refractivity contribution is -0.118. The van der Waals surface area contributed by atoms with Crippen molar-refractivity contribution in [2.24, 2.45) is 0 Å². The third-order valence-electron chi connectivity index (χ3n) is 4.53. The smallest absolute Gasteiger partial charge is 0.230 e. The lowest BCUT2D eigenvalue weighted by Gasteiger charge is -2.12. The highest BCUT2D eigenvalue weighted by atomic mass is 32.2. The van der Waals surface area contributed by atoms with Crippen molar-refractivity contribution in [1.29, 1.82) is 0 Å². The maximum absolute atomic E-state index is 12.2. The number of thioether (sulfide) groups is 1. The van der Waals surface area contributed by atoms with Crippen LogP contribution in [-0.2, 0) is 17.1 Å². The number of hydrogen-bond donors (Lipinski definition) is 1. The fourth-order valence-corrected chi connectivity index (χ4v) is 3.59. The first-order chi connectivity index (χ1) is 15.2. The highest BCUT2D eigenvalue weighted by Crippen LogP contribution is 2.28. The average molecular weight is 441 g/mol. The van der Waals surface area contributed by atoms with Crippen LogP contribution < -0.4 is 14.8 Å². The van der Waals surface area contributed by atoms with Gasteiger partial charge in [0.25, 0.3) is 0 Å². The number of nitrogens with one attached hydrogen (secondary N) is 1. The fraction of sp³-hybridized carbons (Fsp3) is 0.333. The van der Waals surface area contributed by atoms with E-state index in [0.717, 1.165) is 35.4 Å². The second-order valence-corrected chi connectivity index (χ2v) is 7.95. The number of nitrogens with zero attached hydrogens (tertiary/aromatic N) is 1. The summed E-state index contributed by atoms with van der Waals surface area (Å²) in [7, 11) is 1.62. The number of carbonyl (C=O) groups is 1. The number of ether oxygens (including phenoxy) is 2. The van der Waals surface area contributed by atoms with Gasteiger partial charge in [0.05, 0.1) is 25.2 Å². The highest BCUT2D eigenvalue weighted by molar-refractivity contribution is 7.99. The van der Waals surface area contributed by atoms with Gasteiger partial charge in [0, 0.05) is 17.9 Å². The molecule has 2 aromatic carbocycles. The molecule has 0 aliphatic rings. The molecule has 3 rings (SSSR count). The van der Waals surface area contributed by atoms with E-state index in [1.807, 2.05) is 48.5 Å². The number of rotatable bonds is 12. The van der Waals surface area contributed by atoms with Crippen LogP contribution >= 0.6 is 11.8 Å². The van der Waals surface area contributed by atoms with Crippen molar-refractivity contribution in [2.75, 3.05) is 19.5 Å². The lowest BCUT2D eigenvalue weighted by atomic mass is 10.2. The van der Waals surface area contributed by atoms with Gasteiger partial charge < -0.3 is 19.2 Å². The molecular formula is C24H28N2O4S. The summed E-state index contributed by atoms with van der Waals surface area (Å²) >= 11 is 1.50. The summed E-state index contributed by atoms with van der Waals surface area (Å²) in [6, 6.07) is 15.5. The van der Waals surface area contributed by atoms with Gasteiger partial charge in [0.2, 0.25) is 11.8 Å². The van der Waals surface area contributed by atoms with Gasteiger partial charge in [-0.25, -0.2) is 4.98 Å². The van der Waals surface area contributed by atoms with Crippen molar-refractivity contribution in [3.8, 4) is 23.0 Å². The van der Waals surface area contributed by atoms with Crippen LogP contribution in [0.2, 0.25) is 0 Å². The van der Waals surface area contributed by atoms with Crippen molar-refractivity contribution in [3.63, 3.8) is 0 Å². The van der Waals surface area contributed by atoms with E-state index in [9.17, 15) is 4.79 Å². The maximum atomic E-state index is 12.2. The molecule has 0 fully saturated rings. The van der Waals surface area contributed by atoms with E-state index in [4.69, 9.17) is 13.9 Å². The summed E-state index contributed by atoms with van der Waals surface area (Å²) in [6.07, 6.45) is 3.72. The van der Waals surface area contributed by atoms with Crippen LogP contribution in [0.25, 0.3) is 11.5 Å². The molecule has 0 atom stereocenters. The Morgan fingerprint density at radius 1 is 1.16 bits per heavy atom. The number of carbonyl (C=O) groups excluding carboxylic acids is 1. The van der Waals surface area contributed by atoms with Crippen molar-refractivity contribution in [3.05, 3.63) is 66.1 Å². The van der Waals surface area contributed by atoms with Gasteiger partial charge in [-0.3, -0.25) is 4.79 Å². The molecule has 0 spiro atoms. The number of oxazole rings is 1. The van der Waals surface area contributed by atoms with Crippen LogP contribution in [-0.4, -0.2) is 30.4 Å². The Bertz CT molecular complexity index is 959. The van der Waals surface area contributed by atoms with E-state index >= 15 is 0 Å². The van der Waals surface area contributed by atoms with Gasteiger partial charge in [-0.1, -0.05) is 37.6 Å². The van der Waals surface area contributed by atoms with Crippen LogP contribution in [0.15, 0.2) is 59.2 Å². The summed E-state index contributed by atoms with van der Waals surface area (Å²) in [6.45, 7) is 3.23. The van der Waals surface area contributed by atoms with E-state index in [-0.39, 0.29) is 5.91 Å². The molecule has 0 aliphatic carbocycles. The van der Waals surface area contributed by atoms with Crippen LogP contribution in [0.1, 0.15) is 31.0 Å². The van der Waals surface area contributed by atoms with Gasteiger partial charge in [-0.2, -0.15) is 0 Å². The SMILES string of the molecule is CCCCOc1ccc(CNC(=O)CSCc2coc(-c3ccccc3)n2)cc1OC. The molecule has 31 heavy (non-hydrogen) atoms. The summed E-state index contributed by atoms with van der Waals surface area (Å²) < 4.78 is 16.7. The van der Waals surface area contributed by atoms with Crippen molar-refractivity contribution < 1.29 is 18.7 Å². The standard InChI is InChI=1S/C24H28N2O4S/c1-3-4-12-29-21-11-10-18(13-22(21)28-2)14-25-23(27)17-31-16-20-15-30-24(26-20)19-8-6-5-7-9-19/h5-11,13,15H,3-4,12,14,16-17H2,1-2H3,(H,25,27). The molecule has 3 aromatic rings. The van der Waals surface area contributed by atoms with Gasteiger partial charge in [0.1, 0.15) is 6.26 Å². The summed E-state index contributed by atoms with van der Waals surface area (Å²) in [5.74, 6) is 2.93. The third kappa shape index (κ3) is 7.07. The van der Waals surface area contributed by atoms with Crippen LogP contribution in [0.5, 0.6) is 11.5 Å². The predicted molar refractivity (Wildman–Crippen MR) is 123 cm³/mol. The van der Waals surface area contributed by atoms with Crippen LogP contribution in [0.3, 0.4) is 0 Å². The number of aromatic nitrogens is 1. The zero-order valence-electron chi connectivity index (χ0n) is 17.9. The van der Waals surface area contributed by atoms with Gasteiger partial charge >= 0.3 is 0 Å². The molecule has 0 saturated heterocycles. The predicted octanol–water partition coefficient (Wildman–Crippen LogP) is 5.08. The minimum Gasteiger partial charge on any atom is -0.493 e. The Labute approximate surface area is 187 Å². The minimum absolute atomic E-state index is 0.0287. The van der Waals surface area contributed by atoms with Crippen molar-refractivity contribution in [1.82, 2.24) is 10.3 Å². The second kappa shape index (κ2) is 12.1. The average Bonchev–Trinajstić information content (AvgIpc) is 3.28. The molecule has 7 heteroatoms. The molecule has 1 heterocycles. The fourth-order valence-electron chi connectivity index (χ4n) is 2.85. The largest absolute Gasteiger partial charge is 0.493 e. The molecule has 0 radical (unpaired) electrons. The molecule has 0 aliphatic heterocycles. The van der Waals surface area contributed by atoms with Crippen molar-refractivity contribution in [2.45, 2.75) is 32.1 Å². The summed E-state index contributed by atoms with van der Waals surface area (Å²) in [5, 5.41) is 2.94. The first kappa shape index (κ1) is 22.7. The molecule has 1 amide bonds. The van der Waals surface area contributed by atoms with E-state index < -0.39 is 0 Å². The van der Waals surface area contributed by atoms with Gasteiger partial charge in [0.15, 0.2) is 11.5 Å². The third-order valence-corrected chi connectivity index (χ3v) is 5.49. The van der Waals surface area contributed by atoms with Crippen LogP contribution in [0, 0.1) is 0 Å². The van der Waals surface area contributed by atoms with Gasteiger partial charge in [-0.05, 0) is 36.2 Å². The Morgan fingerprint density at radius 2 is 2.00 bits per heavy atom. The molecule has 1 aromatic heterocycles. The Balaban J connectivity index is 1.42. The van der Waals surface area contributed by atoms with E-state index in [1.165, 1.54) is 11.8 Å². The quantitative estimate of drug-likeness (QED) is 0.396. The second-order valence-electron chi connectivity index (χ2n) is 6.97. The topological polar surface area (TPSA) is 73.6 Å². The van der Waals surface area contributed by atoms with E-state index in [0.29, 0.717) is 36.3 Å². The number of methoxy groups -OCH3 is 1. The monoisotopic (exact) mass is 440 g/mol. The van der Waals surface area contributed by atoms with E-state index in [2.05, 4.69) is 17.2 Å². The molecule has 0 saturated carbocycles. The zero-order chi connectivity index (χ0) is 21.9. The van der Waals surface area contributed by atoms with Gasteiger partial charge in [-0.15, -0.1) is 11.8 Å². The highest BCUT2D eigenvalue weighted by Gasteiger charge is 2.09. The van der Waals surface area contributed by atoms with Crippen molar-refractivity contribution >= 4 is 17.7 Å². The molecule has 1 N–H and O–H groups in total. The molecular weight excluding hydrogens is 412 g/mol. The minimum atomic E-state index is -0.0287. The molecule has 0 bridgehead atoms. The van der Waals surface area contributed by atoms with E-state index in [1.54, 1.807) is 13.4 Å². The molecule has 0 unspecified atom stereocenters. The normalized spacial score (nSPS) is 10.6. The Kier molecular flexibility index (Phi) is 8.84. The van der Waals surface area contributed by atoms with Crippen LogP contribution in [0.4, 0.5) is 0 Å². The summed E-state index contributed by atoms with van der Waals surface area (Å²) in [5.41, 5.74) is 2.72. The zero-order valence-corrected chi connectivity index (χ0v) is 18.7. The number of benzene rings is 2. The summed E-state index contributed by atoms with van der Waals surface area (Å²) in [4.78, 5) is 16.7.